The van der Waals surface area contributed by atoms with E-state index in [9.17, 15) is 9.18 Å². The number of benzene rings is 1. The molecule has 6 nitrogen and oxygen atoms in total. The number of aromatic nitrogens is 2. The summed E-state index contributed by atoms with van der Waals surface area (Å²) in [6.45, 7) is 1.93. The van der Waals surface area contributed by atoms with Crippen LogP contribution in [0.1, 0.15) is 23.3 Å². The van der Waals surface area contributed by atoms with Gasteiger partial charge in [-0.05, 0) is 54.5 Å². The van der Waals surface area contributed by atoms with Gasteiger partial charge in [0.15, 0.2) is 0 Å². The van der Waals surface area contributed by atoms with Crippen LogP contribution in [0.15, 0.2) is 48.8 Å². The van der Waals surface area contributed by atoms with Crippen LogP contribution in [0.3, 0.4) is 0 Å². The third kappa shape index (κ3) is 4.09. The van der Waals surface area contributed by atoms with Crippen LogP contribution < -0.4 is 10.1 Å². The van der Waals surface area contributed by atoms with E-state index in [1.807, 2.05) is 0 Å². The number of hydrogen-bond acceptors (Lipinski definition) is 5. The molecule has 1 aromatic carbocycles. The van der Waals surface area contributed by atoms with Crippen molar-refractivity contribution in [2.75, 3.05) is 25.1 Å². The Morgan fingerprint density at radius 3 is 2.82 bits per heavy atom. The summed E-state index contributed by atoms with van der Waals surface area (Å²) in [6, 6.07) is 9.70. The third-order valence-electron chi connectivity index (χ3n) is 4.73. The monoisotopic (exact) mass is 381 g/mol. The van der Waals surface area contributed by atoms with E-state index in [1.54, 1.807) is 36.5 Å². The molecule has 0 radical (unpaired) electrons. The van der Waals surface area contributed by atoms with Crippen molar-refractivity contribution in [1.29, 1.82) is 0 Å². The molecule has 144 valence electrons. The van der Waals surface area contributed by atoms with Crippen molar-refractivity contribution in [2.45, 2.75) is 12.8 Å². The first kappa shape index (κ1) is 18.3. The first-order chi connectivity index (χ1) is 13.7. The molecule has 0 spiro atoms. The summed E-state index contributed by atoms with van der Waals surface area (Å²) < 4.78 is 26.0. The predicted octanol–water partition coefficient (Wildman–Crippen LogP) is 3.83. The van der Waals surface area contributed by atoms with Crippen molar-refractivity contribution in [1.82, 2.24) is 9.97 Å². The number of hydrogen-bond donors (Lipinski definition) is 1. The zero-order chi connectivity index (χ0) is 19.3. The molecule has 1 N–H and O–H groups in total. The zero-order valence-electron chi connectivity index (χ0n) is 15.2. The molecule has 0 saturated carbocycles. The fraction of sp³-hybridized carbons (Fsp3) is 0.286. The van der Waals surface area contributed by atoms with Crippen LogP contribution in [0.5, 0.6) is 5.88 Å². The fourth-order valence-electron chi connectivity index (χ4n) is 3.22. The lowest BCUT2D eigenvalue weighted by Crippen LogP contribution is -2.21. The van der Waals surface area contributed by atoms with Gasteiger partial charge in [0.2, 0.25) is 5.88 Å². The Morgan fingerprint density at radius 2 is 2.04 bits per heavy atom. The number of carbonyl (C=O) groups excluding carboxylic acids is 1. The molecule has 0 atom stereocenters. The normalized spacial score (nSPS) is 14.8. The van der Waals surface area contributed by atoms with Gasteiger partial charge in [0.05, 0.1) is 12.0 Å². The van der Waals surface area contributed by atoms with Crippen LogP contribution in [-0.2, 0) is 4.74 Å². The molecule has 3 aromatic rings. The van der Waals surface area contributed by atoms with Crippen molar-refractivity contribution in [3.05, 3.63) is 60.3 Å². The van der Waals surface area contributed by atoms with Crippen LogP contribution in [0, 0.1) is 11.7 Å². The number of halogens is 1. The van der Waals surface area contributed by atoms with E-state index in [-0.39, 0.29) is 11.6 Å². The predicted molar refractivity (Wildman–Crippen MR) is 103 cm³/mol. The lowest BCUT2D eigenvalue weighted by atomic mass is 10.0. The van der Waals surface area contributed by atoms with E-state index in [4.69, 9.17) is 9.47 Å². The number of anilines is 1. The second kappa shape index (κ2) is 8.31. The van der Waals surface area contributed by atoms with Crippen LogP contribution >= 0.6 is 0 Å². The molecule has 28 heavy (non-hydrogen) atoms. The smallest absolute Gasteiger partial charge is 0.274 e. The van der Waals surface area contributed by atoms with E-state index in [0.717, 1.165) is 26.1 Å². The minimum atomic E-state index is -0.496. The largest absolute Gasteiger partial charge is 0.477 e. The maximum Gasteiger partial charge on any atom is 0.274 e. The molecule has 1 aliphatic heterocycles. The zero-order valence-corrected chi connectivity index (χ0v) is 15.2. The molecule has 3 heterocycles. The summed E-state index contributed by atoms with van der Waals surface area (Å²) >= 11 is 0. The first-order valence-corrected chi connectivity index (χ1v) is 9.22. The Bertz CT molecular complexity index is 975. The van der Waals surface area contributed by atoms with Gasteiger partial charge >= 0.3 is 0 Å². The lowest BCUT2D eigenvalue weighted by molar-refractivity contribution is 0.0493. The molecule has 1 aliphatic rings. The van der Waals surface area contributed by atoms with E-state index in [2.05, 4.69) is 15.3 Å². The summed E-state index contributed by atoms with van der Waals surface area (Å²) in [7, 11) is 0. The van der Waals surface area contributed by atoms with Crippen molar-refractivity contribution in [2.24, 2.45) is 5.92 Å². The van der Waals surface area contributed by atoms with Crippen LogP contribution in [0.2, 0.25) is 0 Å². The average molecular weight is 381 g/mol. The van der Waals surface area contributed by atoms with Crippen LogP contribution in [-0.4, -0.2) is 35.7 Å². The molecular formula is C21H20FN3O3. The van der Waals surface area contributed by atoms with Gasteiger partial charge in [0.25, 0.3) is 5.91 Å². The molecule has 0 unspecified atom stereocenters. The SMILES string of the molecule is O=C(Nc1cc(F)c2c(OCC3CCOCC3)nccc2c1)c1ccccn1. The maximum absolute atomic E-state index is 14.8. The number of nitrogens with one attached hydrogen (secondary N) is 1. The molecule has 7 heteroatoms. The fourth-order valence-corrected chi connectivity index (χ4v) is 3.22. The van der Waals surface area contributed by atoms with Gasteiger partial charge in [-0.2, -0.15) is 0 Å². The van der Waals surface area contributed by atoms with Crippen LogP contribution in [0.25, 0.3) is 10.8 Å². The van der Waals surface area contributed by atoms with E-state index >= 15 is 0 Å². The first-order valence-electron chi connectivity index (χ1n) is 9.22. The summed E-state index contributed by atoms with van der Waals surface area (Å²) in [5.41, 5.74) is 0.612. The highest BCUT2D eigenvalue weighted by Gasteiger charge is 2.17. The number of fused-ring (bicyclic) bond motifs is 1. The minimum Gasteiger partial charge on any atom is -0.477 e. The van der Waals surface area contributed by atoms with Crippen molar-refractivity contribution in [3.8, 4) is 5.88 Å². The van der Waals surface area contributed by atoms with Gasteiger partial charge in [0, 0.05) is 31.3 Å². The number of carbonyl (C=O) groups is 1. The number of pyridine rings is 2. The molecular weight excluding hydrogens is 361 g/mol. The molecule has 1 amide bonds. The van der Waals surface area contributed by atoms with Gasteiger partial charge in [0.1, 0.15) is 11.5 Å². The molecule has 0 aliphatic carbocycles. The Kier molecular flexibility index (Phi) is 5.43. The van der Waals surface area contributed by atoms with E-state index in [1.165, 1.54) is 12.3 Å². The van der Waals surface area contributed by atoms with Crippen molar-refractivity contribution in [3.63, 3.8) is 0 Å². The van der Waals surface area contributed by atoms with Crippen molar-refractivity contribution >= 4 is 22.4 Å². The van der Waals surface area contributed by atoms with Gasteiger partial charge in [-0.1, -0.05) is 6.07 Å². The Balaban J connectivity index is 1.54. The van der Waals surface area contributed by atoms with Crippen LogP contribution in [0.4, 0.5) is 10.1 Å². The van der Waals surface area contributed by atoms with Gasteiger partial charge < -0.3 is 14.8 Å². The Hall–Kier alpha value is -3.06. The Labute approximate surface area is 161 Å². The van der Waals surface area contributed by atoms with Gasteiger partial charge in [-0.15, -0.1) is 0 Å². The third-order valence-corrected chi connectivity index (χ3v) is 4.73. The van der Waals surface area contributed by atoms with E-state index in [0.29, 0.717) is 29.0 Å². The standard InChI is InChI=1S/C21H20FN3O3/c22-17-12-16(25-20(26)18-3-1-2-7-23-18)11-15-4-8-24-21(19(15)17)28-13-14-5-9-27-10-6-14/h1-4,7-8,11-12,14H,5-6,9-10,13H2,(H,25,26). The second-order valence-corrected chi connectivity index (χ2v) is 6.71. The maximum atomic E-state index is 14.8. The average Bonchev–Trinajstić information content (AvgIpc) is 2.73. The molecule has 4 rings (SSSR count). The quantitative estimate of drug-likeness (QED) is 0.727. The molecule has 1 saturated heterocycles. The van der Waals surface area contributed by atoms with Gasteiger partial charge in [-0.25, -0.2) is 9.37 Å². The second-order valence-electron chi connectivity index (χ2n) is 6.71. The topological polar surface area (TPSA) is 73.3 Å². The molecule has 2 aromatic heterocycles. The summed E-state index contributed by atoms with van der Waals surface area (Å²) in [5, 5.41) is 3.59. The number of ether oxygens (including phenoxy) is 2. The highest BCUT2D eigenvalue weighted by atomic mass is 19.1. The minimum absolute atomic E-state index is 0.262. The number of nitrogens with zero attached hydrogens (tertiary/aromatic N) is 2. The summed E-state index contributed by atoms with van der Waals surface area (Å²) in [4.78, 5) is 20.5. The molecule has 0 bridgehead atoms. The lowest BCUT2D eigenvalue weighted by Gasteiger charge is -2.22. The van der Waals surface area contributed by atoms with E-state index < -0.39 is 11.7 Å². The number of rotatable bonds is 5. The van der Waals surface area contributed by atoms with Crippen molar-refractivity contribution < 1.29 is 18.7 Å². The summed E-state index contributed by atoms with van der Waals surface area (Å²) in [5.74, 6) is -0.247. The highest BCUT2D eigenvalue weighted by molar-refractivity contribution is 6.04. The van der Waals surface area contributed by atoms with Gasteiger partial charge in [-0.3, -0.25) is 9.78 Å². The Morgan fingerprint density at radius 1 is 1.18 bits per heavy atom. The highest BCUT2D eigenvalue weighted by Crippen LogP contribution is 2.30. The summed E-state index contributed by atoms with van der Waals surface area (Å²) in [6.07, 6.45) is 4.96. The molecule has 1 fully saturated rings. The number of amides is 1.